The lowest BCUT2D eigenvalue weighted by molar-refractivity contribution is -0.385. The molecule has 1 amide bonds. The van der Waals surface area contributed by atoms with Crippen molar-refractivity contribution in [1.29, 1.82) is 0 Å². The molecule has 0 fully saturated rings. The highest BCUT2D eigenvalue weighted by molar-refractivity contribution is 6.30. The number of hydrogen-bond donors (Lipinski definition) is 1. The largest absolute Gasteiger partial charge is 0.477 e. The van der Waals surface area contributed by atoms with Crippen molar-refractivity contribution >= 4 is 29.4 Å². The second kappa shape index (κ2) is 8.64. The van der Waals surface area contributed by atoms with Crippen LogP contribution in [0.2, 0.25) is 5.02 Å². The highest BCUT2D eigenvalue weighted by Gasteiger charge is 2.16. The van der Waals surface area contributed by atoms with Crippen LogP contribution in [0.15, 0.2) is 47.6 Å². The molecule has 142 valence electrons. The molecule has 0 aliphatic rings. The van der Waals surface area contributed by atoms with E-state index in [4.69, 9.17) is 16.3 Å². The Labute approximate surface area is 162 Å². The van der Waals surface area contributed by atoms with Crippen molar-refractivity contribution in [2.75, 3.05) is 6.61 Å². The van der Waals surface area contributed by atoms with E-state index in [1.165, 1.54) is 23.9 Å². The summed E-state index contributed by atoms with van der Waals surface area (Å²) in [6.07, 6.45) is 1.51. The van der Waals surface area contributed by atoms with E-state index in [1.807, 2.05) is 24.3 Å². The standard InChI is InChI=1S/C19H20ClN3O4/c1-19(2,3)14-6-4-13(5-7-14)11-21-22-18(24)12-27-17-9-8-15(20)10-16(17)23(25)26/h4-11H,12H2,1-3H3,(H,22,24)/b21-11+. The zero-order valence-corrected chi connectivity index (χ0v) is 16.0. The Morgan fingerprint density at radius 2 is 1.93 bits per heavy atom. The van der Waals surface area contributed by atoms with E-state index in [2.05, 4.69) is 31.3 Å². The number of nitro benzene ring substituents is 1. The molecule has 27 heavy (non-hydrogen) atoms. The quantitative estimate of drug-likeness (QED) is 0.457. The maximum Gasteiger partial charge on any atom is 0.312 e. The second-order valence-corrected chi connectivity index (χ2v) is 7.26. The average molecular weight is 390 g/mol. The van der Waals surface area contributed by atoms with Crippen LogP contribution in [-0.2, 0) is 10.2 Å². The molecule has 0 saturated heterocycles. The maximum atomic E-state index is 11.8. The van der Waals surface area contributed by atoms with Crippen molar-refractivity contribution in [2.45, 2.75) is 26.2 Å². The number of hydrogen-bond acceptors (Lipinski definition) is 5. The van der Waals surface area contributed by atoms with Gasteiger partial charge in [-0.3, -0.25) is 14.9 Å². The summed E-state index contributed by atoms with van der Waals surface area (Å²) < 4.78 is 5.18. The first-order valence-corrected chi connectivity index (χ1v) is 8.54. The predicted octanol–water partition coefficient (Wildman–Crippen LogP) is 4.07. The molecule has 0 unspecified atom stereocenters. The van der Waals surface area contributed by atoms with Gasteiger partial charge in [0.05, 0.1) is 11.1 Å². The summed E-state index contributed by atoms with van der Waals surface area (Å²) in [5.74, 6) is -0.580. The second-order valence-electron chi connectivity index (χ2n) is 6.82. The minimum Gasteiger partial charge on any atom is -0.477 e. The van der Waals surface area contributed by atoms with Crippen molar-refractivity contribution in [2.24, 2.45) is 5.10 Å². The van der Waals surface area contributed by atoms with Gasteiger partial charge in [0.2, 0.25) is 0 Å². The fourth-order valence-electron chi connectivity index (χ4n) is 2.18. The molecular formula is C19H20ClN3O4. The van der Waals surface area contributed by atoms with Crippen LogP contribution in [-0.4, -0.2) is 23.7 Å². The number of carbonyl (C=O) groups excluding carboxylic acids is 1. The first-order chi connectivity index (χ1) is 12.7. The molecule has 1 N–H and O–H groups in total. The topological polar surface area (TPSA) is 93.8 Å². The number of benzene rings is 2. The van der Waals surface area contributed by atoms with Gasteiger partial charge in [0.25, 0.3) is 5.91 Å². The summed E-state index contributed by atoms with van der Waals surface area (Å²) in [6.45, 7) is 5.97. The van der Waals surface area contributed by atoms with E-state index in [0.29, 0.717) is 0 Å². The minimum atomic E-state index is -0.626. The third kappa shape index (κ3) is 6.07. The van der Waals surface area contributed by atoms with Gasteiger partial charge in [-0.05, 0) is 28.7 Å². The van der Waals surface area contributed by atoms with Crippen LogP contribution in [0.3, 0.4) is 0 Å². The van der Waals surface area contributed by atoms with Crippen molar-refractivity contribution in [3.8, 4) is 5.75 Å². The molecule has 0 radical (unpaired) electrons. The Morgan fingerprint density at radius 3 is 2.52 bits per heavy atom. The van der Waals surface area contributed by atoms with Crippen LogP contribution in [0.25, 0.3) is 0 Å². The molecule has 0 aliphatic carbocycles. The Hall–Kier alpha value is -2.93. The van der Waals surface area contributed by atoms with E-state index in [-0.39, 0.29) is 21.9 Å². The van der Waals surface area contributed by atoms with E-state index >= 15 is 0 Å². The van der Waals surface area contributed by atoms with Gasteiger partial charge in [-0.2, -0.15) is 5.10 Å². The van der Waals surface area contributed by atoms with Gasteiger partial charge in [-0.25, -0.2) is 5.43 Å². The van der Waals surface area contributed by atoms with Crippen molar-refractivity contribution in [1.82, 2.24) is 5.43 Å². The SMILES string of the molecule is CC(C)(C)c1ccc(/C=N/NC(=O)COc2ccc(Cl)cc2[N+](=O)[O-])cc1. The van der Waals surface area contributed by atoms with Gasteiger partial charge in [0.15, 0.2) is 12.4 Å². The third-order valence-electron chi connectivity index (χ3n) is 3.66. The molecular weight excluding hydrogens is 370 g/mol. The lowest BCUT2D eigenvalue weighted by atomic mass is 9.87. The Balaban J connectivity index is 1.90. The number of nitro groups is 1. The van der Waals surface area contributed by atoms with Crippen LogP contribution in [0.1, 0.15) is 31.9 Å². The summed E-state index contributed by atoms with van der Waals surface area (Å²) in [5, 5.41) is 15.0. The zero-order valence-electron chi connectivity index (χ0n) is 15.2. The smallest absolute Gasteiger partial charge is 0.312 e. The van der Waals surface area contributed by atoms with Gasteiger partial charge in [0.1, 0.15) is 0 Å². The molecule has 8 heteroatoms. The summed E-state index contributed by atoms with van der Waals surface area (Å²) >= 11 is 5.73. The number of ether oxygens (including phenoxy) is 1. The molecule has 0 heterocycles. The molecule has 0 aromatic heterocycles. The first-order valence-electron chi connectivity index (χ1n) is 8.16. The molecule has 0 spiro atoms. The number of carbonyl (C=O) groups is 1. The Bertz CT molecular complexity index is 858. The van der Waals surface area contributed by atoms with Crippen molar-refractivity contribution in [3.63, 3.8) is 0 Å². The van der Waals surface area contributed by atoms with Gasteiger partial charge in [0, 0.05) is 11.1 Å². The number of rotatable bonds is 6. The number of amides is 1. The zero-order chi connectivity index (χ0) is 20.0. The summed E-state index contributed by atoms with van der Waals surface area (Å²) in [4.78, 5) is 22.1. The van der Waals surface area contributed by atoms with E-state index < -0.39 is 17.4 Å². The molecule has 0 aliphatic heterocycles. The van der Waals surface area contributed by atoms with Crippen LogP contribution in [0.4, 0.5) is 5.69 Å². The monoisotopic (exact) mass is 389 g/mol. The Kier molecular flexibility index (Phi) is 6.52. The van der Waals surface area contributed by atoms with Gasteiger partial charge in [-0.15, -0.1) is 0 Å². The summed E-state index contributed by atoms with van der Waals surface area (Å²) in [5.41, 5.74) is 4.10. The van der Waals surface area contributed by atoms with Crippen molar-refractivity contribution in [3.05, 3.63) is 68.7 Å². The molecule has 7 nitrogen and oxygen atoms in total. The number of nitrogens with one attached hydrogen (secondary N) is 1. The van der Waals surface area contributed by atoms with Crippen LogP contribution >= 0.6 is 11.6 Å². The van der Waals surface area contributed by atoms with Crippen LogP contribution in [0.5, 0.6) is 5.75 Å². The first kappa shape index (κ1) is 20.4. The maximum absolute atomic E-state index is 11.8. The number of halogens is 1. The van der Waals surface area contributed by atoms with Crippen LogP contribution < -0.4 is 10.2 Å². The predicted molar refractivity (Wildman–Crippen MR) is 104 cm³/mol. The fourth-order valence-corrected chi connectivity index (χ4v) is 2.35. The molecule has 0 bridgehead atoms. The van der Waals surface area contributed by atoms with E-state index in [9.17, 15) is 14.9 Å². The van der Waals surface area contributed by atoms with Crippen LogP contribution in [0, 0.1) is 10.1 Å². The number of hydrazone groups is 1. The fraction of sp³-hybridized carbons (Fsp3) is 0.263. The minimum absolute atomic E-state index is 0.0405. The van der Waals surface area contributed by atoms with Gasteiger partial charge in [-0.1, -0.05) is 56.6 Å². The average Bonchev–Trinajstić information content (AvgIpc) is 2.60. The molecule has 2 aromatic carbocycles. The lowest BCUT2D eigenvalue weighted by Gasteiger charge is -2.18. The molecule has 2 rings (SSSR count). The third-order valence-corrected chi connectivity index (χ3v) is 3.89. The summed E-state index contributed by atoms with van der Waals surface area (Å²) in [6, 6.07) is 11.8. The lowest BCUT2D eigenvalue weighted by Crippen LogP contribution is -2.24. The molecule has 0 saturated carbocycles. The Morgan fingerprint density at radius 1 is 1.26 bits per heavy atom. The normalized spacial score (nSPS) is 11.4. The van der Waals surface area contributed by atoms with Crippen molar-refractivity contribution < 1.29 is 14.5 Å². The van der Waals surface area contributed by atoms with E-state index in [0.717, 1.165) is 11.6 Å². The highest BCUT2D eigenvalue weighted by Crippen LogP contribution is 2.29. The molecule has 2 aromatic rings. The van der Waals surface area contributed by atoms with Gasteiger partial charge < -0.3 is 4.74 Å². The van der Waals surface area contributed by atoms with E-state index in [1.54, 1.807) is 0 Å². The molecule has 0 atom stereocenters. The summed E-state index contributed by atoms with van der Waals surface area (Å²) in [7, 11) is 0. The highest BCUT2D eigenvalue weighted by atomic mass is 35.5. The number of nitrogens with zero attached hydrogens (tertiary/aromatic N) is 2. The van der Waals surface area contributed by atoms with Gasteiger partial charge >= 0.3 is 5.69 Å².